The molecule has 2 amide bonds. The summed E-state index contributed by atoms with van der Waals surface area (Å²) in [7, 11) is 1.65. The first kappa shape index (κ1) is 14.7. The second-order valence-electron chi connectivity index (χ2n) is 5.61. The Balaban J connectivity index is 1.89. The van der Waals surface area contributed by atoms with Gasteiger partial charge < -0.3 is 15.0 Å². The number of nitrogens with zero attached hydrogens (tertiary/aromatic N) is 1. The van der Waals surface area contributed by atoms with Gasteiger partial charge in [0.1, 0.15) is 5.75 Å². The first-order chi connectivity index (χ1) is 9.60. The number of piperidine rings is 1. The van der Waals surface area contributed by atoms with Crippen LogP contribution in [0.2, 0.25) is 0 Å². The molecule has 0 radical (unpaired) electrons. The average Bonchev–Trinajstić information content (AvgIpc) is 2.48. The third-order valence-electron chi connectivity index (χ3n) is 4.03. The van der Waals surface area contributed by atoms with Crippen molar-refractivity contribution in [3.05, 3.63) is 29.8 Å². The van der Waals surface area contributed by atoms with Crippen molar-refractivity contribution in [1.82, 2.24) is 10.2 Å². The number of carbonyl (C=O) groups excluding carboxylic acids is 1. The summed E-state index contributed by atoms with van der Waals surface area (Å²) < 4.78 is 5.14. The number of urea groups is 1. The monoisotopic (exact) mass is 276 g/mol. The summed E-state index contributed by atoms with van der Waals surface area (Å²) >= 11 is 0. The molecule has 1 unspecified atom stereocenters. The molecule has 110 valence electrons. The van der Waals surface area contributed by atoms with Gasteiger partial charge in [-0.3, -0.25) is 0 Å². The van der Waals surface area contributed by atoms with Gasteiger partial charge in [0.25, 0.3) is 0 Å². The summed E-state index contributed by atoms with van der Waals surface area (Å²) in [5, 5.41) is 3.06. The lowest BCUT2D eigenvalue weighted by Crippen LogP contribution is -2.44. The minimum absolute atomic E-state index is 0.00718. The Morgan fingerprint density at radius 3 is 2.45 bits per heavy atom. The summed E-state index contributed by atoms with van der Waals surface area (Å²) in [4.78, 5) is 14.1. The van der Waals surface area contributed by atoms with Crippen molar-refractivity contribution in [2.75, 3.05) is 20.2 Å². The first-order valence-electron chi connectivity index (χ1n) is 7.29. The molecule has 0 aromatic heterocycles. The van der Waals surface area contributed by atoms with Crippen molar-refractivity contribution in [2.24, 2.45) is 5.92 Å². The lowest BCUT2D eigenvalue weighted by molar-refractivity contribution is 0.171. The van der Waals surface area contributed by atoms with Crippen molar-refractivity contribution < 1.29 is 9.53 Å². The maximum absolute atomic E-state index is 12.2. The van der Waals surface area contributed by atoms with Gasteiger partial charge in [-0.15, -0.1) is 0 Å². The molecule has 0 saturated carbocycles. The van der Waals surface area contributed by atoms with Gasteiger partial charge in [-0.1, -0.05) is 19.1 Å². The fraction of sp³-hybridized carbons (Fsp3) is 0.562. The highest BCUT2D eigenvalue weighted by Crippen LogP contribution is 2.19. The van der Waals surface area contributed by atoms with Crippen LogP contribution in [0.5, 0.6) is 5.75 Å². The van der Waals surface area contributed by atoms with Gasteiger partial charge in [-0.2, -0.15) is 0 Å². The molecule has 1 atom stereocenters. The third kappa shape index (κ3) is 3.65. The quantitative estimate of drug-likeness (QED) is 0.921. The van der Waals surface area contributed by atoms with Crippen LogP contribution in [0.4, 0.5) is 4.79 Å². The predicted molar refractivity (Wildman–Crippen MR) is 79.9 cm³/mol. The molecule has 0 spiro atoms. The minimum Gasteiger partial charge on any atom is -0.497 e. The highest BCUT2D eigenvalue weighted by atomic mass is 16.5. The van der Waals surface area contributed by atoms with Crippen LogP contribution in [0.1, 0.15) is 38.3 Å². The number of methoxy groups -OCH3 is 1. The number of likely N-dealkylation sites (tertiary alicyclic amines) is 1. The summed E-state index contributed by atoms with van der Waals surface area (Å²) in [5.74, 6) is 1.57. The van der Waals surface area contributed by atoms with Crippen LogP contribution in [0.15, 0.2) is 24.3 Å². The smallest absolute Gasteiger partial charge is 0.317 e. The van der Waals surface area contributed by atoms with E-state index >= 15 is 0 Å². The van der Waals surface area contributed by atoms with Gasteiger partial charge in [-0.25, -0.2) is 4.79 Å². The maximum Gasteiger partial charge on any atom is 0.317 e. The fourth-order valence-corrected chi connectivity index (χ4v) is 2.46. The van der Waals surface area contributed by atoms with E-state index < -0.39 is 0 Å². The lowest BCUT2D eigenvalue weighted by Gasteiger charge is -2.31. The van der Waals surface area contributed by atoms with Crippen LogP contribution in [-0.4, -0.2) is 31.1 Å². The van der Waals surface area contributed by atoms with Crippen LogP contribution in [0.3, 0.4) is 0 Å². The van der Waals surface area contributed by atoms with E-state index in [0.29, 0.717) is 0 Å². The zero-order valence-corrected chi connectivity index (χ0v) is 12.6. The second-order valence-corrected chi connectivity index (χ2v) is 5.61. The molecule has 1 aromatic rings. The van der Waals surface area contributed by atoms with Crippen molar-refractivity contribution >= 4 is 6.03 Å². The first-order valence-corrected chi connectivity index (χ1v) is 7.29. The molecular weight excluding hydrogens is 252 g/mol. The van der Waals surface area contributed by atoms with Gasteiger partial charge >= 0.3 is 6.03 Å². The predicted octanol–water partition coefficient (Wildman–Crippen LogP) is 3.20. The van der Waals surface area contributed by atoms with Crippen LogP contribution in [0.25, 0.3) is 0 Å². The number of carbonyl (C=O) groups is 1. The molecule has 1 aliphatic heterocycles. The Labute approximate surface area is 121 Å². The minimum atomic E-state index is 0.00718. The third-order valence-corrected chi connectivity index (χ3v) is 4.03. The number of nitrogens with one attached hydrogen (secondary N) is 1. The molecule has 1 fully saturated rings. The van der Waals surface area contributed by atoms with Crippen LogP contribution in [0, 0.1) is 5.92 Å². The van der Waals surface area contributed by atoms with Crippen molar-refractivity contribution in [3.8, 4) is 5.75 Å². The molecular formula is C16H24N2O2. The molecule has 1 aromatic carbocycles. The Bertz CT molecular complexity index is 436. The summed E-state index contributed by atoms with van der Waals surface area (Å²) in [6, 6.07) is 7.86. The van der Waals surface area contributed by atoms with Gasteiger partial charge in [-0.05, 0) is 43.4 Å². The zero-order chi connectivity index (χ0) is 14.5. The van der Waals surface area contributed by atoms with Crippen LogP contribution < -0.4 is 10.1 Å². The lowest BCUT2D eigenvalue weighted by atomic mass is 9.99. The molecule has 1 aliphatic rings. The molecule has 1 heterocycles. The van der Waals surface area contributed by atoms with E-state index in [1.54, 1.807) is 7.11 Å². The van der Waals surface area contributed by atoms with Gasteiger partial charge in [0.15, 0.2) is 0 Å². The number of rotatable bonds is 3. The van der Waals surface area contributed by atoms with Gasteiger partial charge in [0, 0.05) is 13.1 Å². The Morgan fingerprint density at radius 2 is 1.90 bits per heavy atom. The standard InChI is InChI=1S/C16H24N2O2/c1-12-8-10-18(11-9-12)16(19)17-13(2)14-4-6-15(20-3)7-5-14/h4-7,12-13H,8-11H2,1-3H3,(H,17,19). The summed E-state index contributed by atoms with van der Waals surface area (Å²) in [6.45, 7) is 5.98. The van der Waals surface area contributed by atoms with E-state index in [2.05, 4.69) is 12.2 Å². The van der Waals surface area contributed by atoms with E-state index in [9.17, 15) is 4.79 Å². The molecule has 0 bridgehead atoms. The molecule has 4 heteroatoms. The highest BCUT2D eigenvalue weighted by Gasteiger charge is 2.21. The van der Waals surface area contributed by atoms with E-state index in [0.717, 1.165) is 43.2 Å². The normalized spacial score (nSPS) is 17.6. The maximum atomic E-state index is 12.2. The second kappa shape index (κ2) is 6.64. The van der Waals surface area contributed by atoms with Crippen LogP contribution in [-0.2, 0) is 0 Å². The SMILES string of the molecule is COc1ccc(C(C)NC(=O)N2CCC(C)CC2)cc1. The number of benzene rings is 1. The molecule has 1 N–H and O–H groups in total. The number of amides is 2. The van der Waals surface area contributed by atoms with Crippen molar-refractivity contribution in [2.45, 2.75) is 32.7 Å². The molecule has 0 aliphatic carbocycles. The topological polar surface area (TPSA) is 41.6 Å². The Morgan fingerprint density at radius 1 is 1.30 bits per heavy atom. The summed E-state index contributed by atoms with van der Waals surface area (Å²) in [6.07, 6.45) is 2.20. The summed E-state index contributed by atoms with van der Waals surface area (Å²) in [5.41, 5.74) is 1.09. The van der Waals surface area contributed by atoms with Gasteiger partial charge in [0.05, 0.1) is 13.2 Å². The number of ether oxygens (including phenoxy) is 1. The average molecular weight is 276 g/mol. The fourth-order valence-electron chi connectivity index (χ4n) is 2.46. The number of hydrogen-bond donors (Lipinski definition) is 1. The van der Waals surface area contributed by atoms with E-state index in [1.165, 1.54) is 0 Å². The van der Waals surface area contributed by atoms with Crippen molar-refractivity contribution in [1.29, 1.82) is 0 Å². The van der Waals surface area contributed by atoms with E-state index in [-0.39, 0.29) is 12.1 Å². The number of hydrogen-bond acceptors (Lipinski definition) is 2. The molecule has 20 heavy (non-hydrogen) atoms. The van der Waals surface area contributed by atoms with Gasteiger partial charge in [0.2, 0.25) is 0 Å². The Kier molecular flexibility index (Phi) is 4.88. The van der Waals surface area contributed by atoms with E-state index in [4.69, 9.17) is 4.74 Å². The van der Waals surface area contributed by atoms with Crippen LogP contribution >= 0.6 is 0 Å². The molecule has 4 nitrogen and oxygen atoms in total. The van der Waals surface area contributed by atoms with E-state index in [1.807, 2.05) is 36.1 Å². The molecule has 1 saturated heterocycles. The molecule has 2 rings (SSSR count). The van der Waals surface area contributed by atoms with Crippen molar-refractivity contribution in [3.63, 3.8) is 0 Å². The zero-order valence-electron chi connectivity index (χ0n) is 12.6. The highest BCUT2D eigenvalue weighted by molar-refractivity contribution is 5.74. The largest absolute Gasteiger partial charge is 0.497 e. The Hall–Kier alpha value is -1.71.